The van der Waals surface area contributed by atoms with Crippen molar-refractivity contribution in [3.8, 4) is 0 Å². The van der Waals surface area contributed by atoms with Crippen molar-refractivity contribution in [1.29, 1.82) is 0 Å². The summed E-state index contributed by atoms with van der Waals surface area (Å²) in [6, 6.07) is 0. The highest BCUT2D eigenvalue weighted by Gasteiger charge is 2.19. The van der Waals surface area contributed by atoms with E-state index in [0.717, 1.165) is 116 Å². The van der Waals surface area contributed by atoms with Crippen molar-refractivity contribution in [2.45, 2.75) is 232 Å². The molecule has 0 fully saturated rings. The van der Waals surface area contributed by atoms with E-state index >= 15 is 0 Å². The van der Waals surface area contributed by atoms with Crippen LogP contribution in [0.15, 0.2) is 122 Å². The van der Waals surface area contributed by atoms with Crippen LogP contribution in [0.25, 0.3) is 0 Å². The summed E-state index contributed by atoms with van der Waals surface area (Å²) in [5.41, 5.74) is 0. The molecule has 6 heteroatoms. The second-order valence-corrected chi connectivity index (χ2v) is 17.4. The maximum absolute atomic E-state index is 12.8. The number of rotatable bonds is 47. The minimum absolute atomic E-state index is 0.116. The molecule has 0 aliphatic rings. The highest BCUT2D eigenvalue weighted by molar-refractivity contribution is 5.71. The lowest BCUT2D eigenvalue weighted by Crippen LogP contribution is -2.30. The Morgan fingerprint density at radius 3 is 1.00 bits per heavy atom. The molecule has 0 aromatic heterocycles. The zero-order chi connectivity index (χ0) is 48.6. The molecule has 0 radical (unpaired) electrons. The van der Waals surface area contributed by atoms with Crippen LogP contribution < -0.4 is 0 Å². The van der Waals surface area contributed by atoms with E-state index in [1.54, 1.807) is 0 Å². The lowest BCUT2D eigenvalue weighted by Gasteiger charge is -2.18. The summed E-state index contributed by atoms with van der Waals surface area (Å²) in [5.74, 6) is -1.03. The molecule has 0 spiro atoms. The normalized spacial score (nSPS) is 13.1. The fourth-order valence-corrected chi connectivity index (χ4v) is 6.99. The van der Waals surface area contributed by atoms with E-state index in [9.17, 15) is 14.4 Å². The highest BCUT2D eigenvalue weighted by atomic mass is 16.6. The van der Waals surface area contributed by atoms with Gasteiger partial charge >= 0.3 is 17.9 Å². The second-order valence-electron chi connectivity index (χ2n) is 17.4. The molecular formula is C61H98O6. The SMILES string of the molecule is CC/C=C\C/C=C\C/C=C\C/C=C\C/C=C\C/C=C\CCC(=O)OC[C@H](COC(=O)CCCCCC/C=C\C/C=C\C/C=C\C/C=C\CC)OC(=O)CCCCCCCCCCCCCCC. The van der Waals surface area contributed by atoms with Gasteiger partial charge in [-0.15, -0.1) is 0 Å². The van der Waals surface area contributed by atoms with Gasteiger partial charge in [0.2, 0.25) is 0 Å². The lowest BCUT2D eigenvalue weighted by atomic mass is 10.0. The largest absolute Gasteiger partial charge is 0.462 e. The van der Waals surface area contributed by atoms with Crippen LogP contribution in [-0.2, 0) is 28.6 Å². The Balaban J connectivity index is 4.54. The first-order chi connectivity index (χ1) is 33.0. The van der Waals surface area contributed by atoms with E-state index in [0.29, 0.717) is 19.3 Å². The van der Waals surface area contributed by atoms with Gasteiger partial charge in [0.25, 0.3) is 0 Å². The van der Waals surface area contributed by atoms with Crippen LogP contribution in [-0.4, -0.2) is 37.2 Å². The first kappa shape index (κ1) is 62.8. The average Bonchev–Trinajstić information content (AvgIpc) is 3.33. The monoisotopic (exact) mass is 927 g/mol. The van der Waals surface area contributed by atoms with Crippen molar-refractivity contribution in [2.75, 3.05) is 13.2 Å². The highest BCUT2D eigenvalue weighted by Crippen LogP contribution is 2.14. The zero-order valence-electron chi connectivity index (χ0n) is 43.1. The molecule has 0 saturated carbocycles. The number of allylic oxidation sites excluding steroid dienone is 20. The Morgan fingerprint density at radius 1 is 0.313 bits per heavy atom. The summed E-state index contributed by atoms with van der Waals surface area (Å²) in [5, 5.41) is 0. The molecule has 67 heavy (non-hydrogen) atoms. The molecule has 1 atom stereocenters. The Labute approximate surface area is 412 Å². The molecule has 0 rings (SSSR count). The number of carbonyl (C=O) groups excluding carboxylic acids is 3. The molecule has 6 nitrogen and oxygen atoms in total. The van der Waals surface area contributed by atoms with E-state index in [-0.39, 0.29) is 37.5 Å². The van der Waals surface area contributed by atoms with Crippen molar-refractivity contribution in [3.63, 3.8) is 0 Å². The van der Waals surface area contributed by atoms with Gasteiger partial charge in [-0.1, -0.05) is 232 Å². The van der Waals surface area contributed by atoms with Crippen molar-refractivity contribution in [1.82, 2.24) is 0 Å². The zero-order valence-corrected chi connectivity index (χ0v) is 43.1. The molecule has 0 aromatic rings. The van der Waals surface area contributed by atoms with Crippen LogP contribution in [0.4, 0.5) is 0 Å². The van der Waals surface area contributed by atoms with E-state index in [1.807, 2.05) is 12.2 Å². The molecule has 0 N–H and O–H groups in total. The molecule has 378 valence electrons. The standard InChI is InChI=1S/C61H98O6/c1-4-7-10-13-16-19-22-25-27-29-30-32-34-37-39-42-45-48-51-54-60(63)66-57-58(67-61(64)55-52-49-46-43-40-35-24-21-18-15-12-9-6-3)56-65-59(62)53-50-47-44-41-38-36-33-31-28-26-23-20-17-14-11-8-5-2/h7-8,10-11,16-17,19-20,25-28,30,32-33,36-37,39,45,48,58H,4-6,9,12-15,18,21-24,29,31,34-35,38,40-44,46-47,49-57H2,1-3H3/b10-7-,11-8-,19-16-,20-17-,27-25-,28-26-,32-30-,36-33-,39-37-,48-45-/t58-/m0/s1. The molecule has 0 unspecified atom stereocenters. The molecule has 0 heterocycles. The first-order valence-electron chi connectivity index (χ1n) is 27.0. The smallest absolute Gasteiger partial charge is 0.306 e. The quantitative estimate of drug-likeness (QED) is 0.0262. The fraction of sp³-hybridized carbons (Fsp3) is 0.623. The van der Waals surface area contributed by atoms with Crippen LogP contribution in [0.1, 0.15) is 226 Å². The number of esters is 3. The predicted octanol–water partition coefficient (Wildman–Crippen LogP) is 18.1. The number of ether oxygens (including phenoxy) is 3. The van der Waals surface area contributed by atoms with Gasteiger partial charge in [-0.25, -0.2) is 0 Å². The molecule has 0 amide bonds. The third-order valence-corrected chi connectivity index (χ3v) is 11.0. The summed E-state index contributed by atoms with van der Waals surface area (Å²) in [6.45, 7) is 6.31. The molecule has 0 aliphatic carbocycles. The van der Waals surface area contributed by atoms with Crippen molar-refractivity contribution < 1.29 is 28.6 Å². The van der Waals surface area contributed by atoms with Gasteiger partial charge in [-0.3, -0.25) is 14.4 Å². The minimum Gasteiger partial charge on any atom is -0.462 e. The van der Waals surface area contributed by atoms with Crippen LogP contribution in [0, 0.1) is 0 Å². The fourth-order valence-electron chi connectivity index (χ4n) is 6.99. The van der Waals surface area contributed by atoms with Gasteiger partial charge in [0.1, 0.15) is 13.2 Å². The number of unbranched alkanes of at least 4 members (excludes halogenated alkanes) is 16. The molecule has 0 saturated heterocycles. The number of carbonyl (C=O) groups is 3. The first-order valence-corrected chi connectivity index (χ1v) is 27.0. The van der Waals surface area contributed by atoms with Gasteiger partial charge in [-0.2, -0.15) is 0 Å². The Kier molecular flexibility index (Phi) is 51.0. The molecule has 0 bridgehead atoms. The maximum Gasteiger partial charge on any atom is 0.306 e. The predicted molar refractivity (Wildman–Crippen MR) is 288 cm³/mol. The summed E-state index contributed by atoms with van der Waals surface area (Å²) >= 11 is 0. The van der Waals surface area contributed by atoms with E-state index < -0.39 is 6.10 Å². The summed E-state index contributed by atoms with van der Waals surface area (Å²) in [4.78, 5) is 38.0. The number of hydrogen-bond donors (Lipinski definition) is 0. The van der Waals surface area contributed by atoms with Crippen molar-refractivity contribution >= 4 is 17.9 Å². The topological polar surface area (TPSA) is 78.9 Å². The van der Waals surface area contributed by atoms with Gasteiger partial charge in [0.15, 0.2) is 6.10 Å². The Morgan fingerprint density at radius 2 is 0.612 bits per heavy atom. The Bertz CT molecular complexity index is 1440. The second kappa shape index (κ2) is 54.4. The maximum atomic E-state index is 12.8. The molecule has 0 aromatic carbocycles. The minimum atomic E-state index is -0.820. The van der Waals surface area contributed by atoms with Gasteiger partial charge < -0.3 is 14.2 Å². The van der Waals surface area contributed by atoms with Crippen LogP contribution in [0.2, 0.25) is 0 Å². The molecule has 0 aliphatic heterocycles. The summed E-state index contributed by atoms with van der Waals surface area (Å²) in [7, 11) is 0. The van der Waals surface area contributed by atoms with Crippen molar-refractivity contribution in [3.05, 3.63) is 122 Å². The van der Waals surface area contributed by atoms with E-state index in [4.69, 9.17) is 14.2 Å². The van der Waals surface area contributed by atoms with Crippen LogP contribution >= 0.6 is 0 Å². The Hall–Kier alpha value is -4.19. The van der Waals surface area contributed by atoms with Crippen LogP contribution in [0.3, 0.4) is 0 Å². The van der Waals surface area contributed by atoms with Crippen molar-refractivity contribution in [2.24, 2.45) is 0 Å². The summed E-state index contributed by atoms with van der Waals surface area (Å²) in [6.07, 6.45) is 74.8. The van der Waals surface area contributed by atoms with E-state index in [1.165, 1.54) is 64.2 Å². The van der Waals surface area contributed by atoms with Gasteiger partial charge in [0, 0.05) is 19.3 Å². The summed E-state index contributed by atoms with van der Waals surface area (Å²) < 4.78 is 16.7. The van der Waals surface area contributed by atoms with Gasteiger partial charge in [-0.05, 0) is 96.3 Å². The lowest BCUT2D eigenvalue weighted by molar-refractivity contribution is -0.166. The third kappa shape index (κ3) is 52.6. The molecular weight excluding hydrogens is 829 g/mol. The van der Waals surface area contributed by atoms with E-state index in [2.05, 4.69) is 130 Å². The van der Waals surface area contributed by atoms with Crippen LogP contribution in [0.5, 0.6) is 0 Å². The van der Waals surface area contributed by atoms with Gasteiger partial charge in [0.05, 0.1) is 0 Å². The number of hydrogen-bond acceptors (Lipinski definition) is 6. The average molecular weight is 927 g/mol. The third-order valence-electron chi connectivity index (χ3n) is 11.0.